The molecule has 4 N–H and O–H groups in total. The number of aryl methyl sites for hydroxylation is 1. The van der Waals surface area contributed by atoms with E-state index in [4.69, 9.17) is 14.9 Å². The molecule has 2 amide bonds. The van der Waals surface area contributed by atoms with Crippen LogP contribution < -0.4 is 15.8 Å². The number of hydrogen-bond acceptors (Lipinski definition) is 7. The molecule has 1 saturated heterocycles. The van der Waals surface area contributed by atoms with Crippen molar-refractivity contribution in [1.29, 1.82) is 0 Å². The molecule has 1 fully saturated rings. The maximum Gasteiger partial charge on any atom is 0.287 e. The minimum absolute atomic E-state index is 0.00899. The van der Waals surface area contributed by atoms with Gasteiger partial charge in [0.15, 0.2) is 11.3 Å². The van der Waals surface area contributed by atoms with E-state index in [1.165, 1.54) is 18.7 Å². The van der Waals surface area contributed by atoms with E-state index in [0.717, 1.165) is 32.5 Å². The number of primary amides is 1. The molecule has 9 nitrogen and oxygen atoms in total. The number of nitrogens with zero attached hydrogens (tertiary/aromatic N) is 2. The summed E-state index contributed by atoms with van der Waals surface area (Å²) in [4.78, 5) is 31.2. The molecule has 2 aromatic heterocycles. The molecule has 0 unspecified atom stereocenters. The number of furan rings is 1. The number of methoxy groups -OCH3 is 1. The number of nitrogens with one attached hydrogen (secondary N) is 1. The molecular formula is C23H26N4O5. The lowest BCUT2D eigenvalue weighted by Gasteiger charge is -2.32. The summed E-state index contributed by atoms with van der Waals surface area (Å²) >= 11 is 0. The first kappa shape index (κ1) is 21.6. The van der Waals surface area contributed by atoms with Crippen LogP contribution in [0.5, 0.6) is 11.5 Å². The number of piperidine rings is 1. The fraction of sp³-hybridized carbons (Fsp3) is 0.348. The van der Waals surface area contributed by atoms with Crippen LogP contribution in [0.15, 0.2) is 35.0 Å². The lowest BCUT2D eigenvalue weighted by molar-refractivity contribution is 0.0880. The standard InChI is InChI=1S/C23H26N4O5/c1-13-18-17(31-2)11-16(28)19(22(24)29)21(18)32-20(13)23(30)26-15-5-9-27(10-6-15)12-14-3-7-25-8-4-14/h3-4,7-8,11,15,28H,5-6,9-10,12H2,1-2H3,(H2,24,29)(H,26,30). The molecule has 0 bridgehead atoms. The highest BCUT2D eigenvalue weighted by Gasteiger charge is 2.28. The van der Waals surface area contributed by atoms with Gasteiger partial charge in [0.2, 0.25) is 0 Å². The number of likely N-dealkylation sites (tertiary alicyclic amines) is 1. The number of pyridine rings is 1. The fourth-order valence-electron chi connectivity index (χ4n) is 4.22. The van der Waals surface area contributed by atoms with Crippen molar-refractivity contribution in [3.8, 4) is 11.5 Å². The molecule has 4 rings (SSSR count). The number of hydrogen-bond donors (Lipinski definition) is 3. The van der Waals surface area contributed by atoms with Gasteiger partial charge in [0.1, 0.15) is 17.1 Å². The van der Waals surface area contributed by atoms with Crippen molar-refractivity contribution in [3.05, 3.63) is 53.0 Å². The first-order chi connectivity index (χ1) is 15.4. The van der Waals surface area contributed by atoms with Crippen LogP contribution in [-0.4, -0.2) is 53.0 Å². The molecule has 3 aromatic rings. The quantitative estimate of drug-likeness (QED) is 0.538. The Morgan fingerprint density at radius 1 is 1.31 bits per heavy atom. The number of carbonyl (C=O) groups excluding carboxylic acids is 2. The molecule has 1 aliphatic rings. The Bertz CT molecular complexity index is 1150. The Kier molecular flexibility index (Phi) is 6.00. The van der Waals surface area contributed by atoms with E-state index in [2.05, 4.69) is 15.2 Å². The van der Waals surface area contributed by atoms with E-state index < -0.39 is 5.91 Å². The molecule has 0 aliphatic carbocycles. The van der Waals surface area contributed by atoms with Crippen LogP contribution in [0.25, 0.3) is 11.0 Å². The largest absolute Gasteiger partial charge is 0.507 e. The molecule has 32 heavy (non-hydrogen) atoms. The molecule has 3 heterocycles. The zero-order valence-corrected chi connectivity index (χ0v) is 18.1. The zero-order valence-electron chi connectivity index (χ0n) is 18.1. The van der Waals surface area contributed by atoms with Gasteiger partial charge in [-0.05, 0) is 37.5 Å². The van der Waals surface area contributed by atoms with Crippen LogP contribution >= 0.6 is 0 Å². The van der Waals surface area contributed by atoms with Crippen LogP contribution in [0, 0.1) is 6.92 Å². The summed E-state index contributed by atoms with van der Waals surface area (Å²) in [6.45, 7) is 4.28. The number of amides is 2. The number of rotatable bonds is 6. The van der Waals surface area contributed by atoms with E-state index in [9.17, 15) is 14.7 Å². The fourth-order valence-corrected chi connectivity index (χ4v) is 4.22. The number of fused-ring (bicyclic) bond motifs is 1. The van der Waals surface area contributed by atoms with Crippen molar-refractivity contribution >= 4 is 22.8 Å². The normalized spacial score (nSPS) is 15.1. The second kappa shape index (κ2) is 8.88. The predicted molar refractivity (Wildman–Crippen MR) is 118 cm³/mol. The Morgan fingerprint density at radius 3 is 2.62 bits per heavy atom. The van der Waals surface area contributed by atoms with Gasteiger partial charge in [-0.15, -0.1) is 0 Å². The molecule has 0 spiro atoms. The van der Waals surface area contributed by atoms with E-state index in [1.54, 1.807) is 19.3 Å². The van der Waals surface area contributed by atoms with Crippen molar-refractivity contribution in [1.82, 2.24) is 15.2 Å². The van der Waals surface area contributed by atoms with Gasteiger partial charge in [-0.1, -0.05) is 0 Å². The third-order valence-electron chi connectivity index (χ3n) is 5.90. The third-order valence-corrected chi connectivity index (χ3v) is 5.90. The van der Waals surface area contributed by atoms with Crippen LogP contribution in [0.1, 0.15) is 44.9 Å². The molecule has 0 saturated carbocycles. The predicted octanol–water partition coefficient (Wildman–Crippen LogP) is 2.34. The van der Waals surface area contributed by atoms with Crippen molar-refractivity contribution in [3.63, 3.8) is 0 Å². The highest BCUT2D eigenvalue weighted by atomic mass is 16.5. The monoisotopic (exact) mass is 438 g/mol. The number of ether oxygens (including phenoxy) is 1. The molecule has 168 valence electrons. The lowest BCUT2D eigenvalue weighted by atomic mass is 10.0. The van der Waals surface area contributed by atoms with E-state index in [0.29, 0.717) is 16.7 Å². The molecular weight excluding hydrogens is 412 g/mol. The minimum Gasteiger partial charge on any atom is -0.507 e. The summed E-state index contributed by atoms with van der Waals surface area (Å²) in [5.41, 5.74) is 7.02. The lowest BCUT2D eigenvalue weighted by Crippen LogP contribution is -2.44. The number of carbonyl (C=O) groups is 2. The van der Waals surface area contributed by atoms with Gasteiger partial charge in [-0.3, -0.25) is 19.5 Å². The van der Waals surface area contributed by atoms with Gasteiger partial charge in [-0.2, -0.15) is 0 Å². The van der Waals surface area contributed by atoms with Crippen LogP contribution in [-0.2, 0) is 6.54 Å². The number of phenols is 1. The van der Waals surface area contributed by atoms with Gasteiger partial charge in [0.05, 0.1) is 12.5 Å². The van der Waals surface area contributed by atoms with Crippen molar-refractivity contribution in [2.45, 2.75) is 32.4 Å². The smallest absolute Gasteiger partial charge is 0.287 e. The Balaban J connectivity index is 1.49. The average molecular weight is 438 g/mol. The second-order valence-corrected chi connectivity index (χ2v) is 7.98. The van der Waals surface area contributed by atoms with Gasteiger partial charge < -0.3 is 25.3 Å². The first-order valence-electron chi connectivity index (χ1n) is 10.4. The molecule has 9 heteroatoms. The van der Waals surface area contributed by atoms with Crippen molar-refractivity contribution < 1.29 is 23.8 Å². The van der Waals surface area contributed by atoms with E-state index in [1.807, 2.05) is 12.1 Å². The molecule has 1 aliphatic heterocycles. The highest BCUT2D eigenvalue weighted by Crippen LogP contribution is 2.40. The highest BCUT2D eigenvalue weighted by molar-refractivity contribution is 6.11. The summed E-state index contributed by atoms with van der Waals surface area (Å²) in [7, 11) is 1.43. The van der Waals surface area contributed by atoms with Crippen LogP contribution in [0.3, 0.4) is 0 Å². The summed E-state index contributed by atoms with van der Waals surface area (Å²) < 4.78 is 11.1. The van der Waals surface area contributed by atoms with E-state index in [-0.39, 0.29) is 34.6 Å². The molecule has 0 atom stereocenters. The van der Waals surface area contributed by atoms with Crippen molar-refractivity contribution in [2.75, 3.05) is 20.2 Å². The SMILES string of the molecule is COc1cc(O)c(C(N)=O)c2oc(C(=O)NC3CCN(Cc4ccncc4)CC3)c(C)c12. The number of nitrogens with two attached hydrogens (primary N) is 1. The van der Waals surface area contributed by atoms with Gasteiger partial charge in [0.25, 0.3) is 11.8 Å². The van der Waals surface area contributed by atoms with Gasteiger partial charge >= 0.3 is 0 Å². The summed E-state index contributed by atoms with van der Waals surface area (Å²) in [6, 6.07) is 5.31. The summed E-state index contributed by atoms with van der Waals surface area (Å²) in [5, 5.41) is 13.6. The number of aromatic nitrogens is 1. The zero-order chi connectivity index (χ0) is 22.8. The minimum atomic E-state index is -0.850. The van der Waals surface area contributed by atoms with Gasteiger partial charge in [-0.25, -0.2) is 0 Å². The first-order valence-corrected chi connectivity index (χ1v) is 10.4. The molecule has 1 aromatic carbocycles. The maximum absolute atomic E-state index is 13.0. The second-order valence-electron chi connectivity index (χ2n) is 7.98. The van der Waals surface area contributed by atoms with Crippen LogP contribution in [0.2, 0.25) is 0 Å². The van der Waals surface area contributed by atoms with Crippen LogP contribution in [0.4, 0.5) is 0 Å². The third kappa shape index (κ3) is 4.11. The Morgan fingerprint density at radius 2 is 2.00 bits per heavy atom. The summed E-state index contributed by atoms with van der Waals surface area (Å²) in [6.07, 6.45) is 5.20. The Hall–Kier alpha value is -3.59. The average Bonchev–Trinajstić information content (AvgIpc) is 3.12. The Labute approximate surface area is 185 Å². The molecule has 0 radical (unpaired) electrons. The number of benzene rings is 1. The van der Waals surface area contributed by atoms with Crippen molar-refractivity contribution in [2.24, 2.45) is 5.73 Å². The van der Waals surface area contributed by atoms with E-state index >= 15 is 0 Å². The topological polar surface area (TPSA) is 131 Å². The van der Waals surface area contributed by atoms with Gasteiger partial charge in [0, 0.05) is 49.7 Å². The summed E-state index contributed by atoms with van der Waals surface area (Å²) in [5.74, 6) is -1.21. The number of aromatic hydroxyl groups is 1. The maximum atomic E-state index is 13.0.